The van der Waals surface area contributed by atoms with Gasteiger partial charge in [-0.2, -0.15) is 0 Å². The van der Waals surface area contributed by atoms with Crippen molar-refractivity contribution in [2.24, 2.45) is 0 Å². The lowest BCUT2D eigenvalue weighted by Gasteiger charge is -2.01. The van der Waals surface area contributed by atoms with Gasteiger partial charge in [-0.3, -0.25) is 0 Å². The van der Waals surface area contributed by atoms with Crippen LogP contribution in [-0.2, 0) is 0 Å². The molecule has 0 fully saturated rings. The number of fused-ring (bicyclic) bond motifs is 1. The van der Waals surface area contributed by atoms with Crippen LogP contribution >= 0.6 is 46.1 Å². The Morgan fingerprint density at radius 1 is 0.944 bits per heavy atom. The predicted molar refractivity (Wildman–Crippen MR) is 77.9 cm³/mol. The summed E-state index contributed by atoms with van der Waals surface area (Å²) < 4.78 is 0. The van der Waals surface area contributed by atoms with Crippen LogP contribution in [-0.4, -0.2) is 9.97 Å². The summed E-state index contributed by atoms with van der Waals surface area (Å²) in [6, 6.07) is 7.56. The van der Waals surface area contributed by atoms with Crippen LogP contribution in [0.2, 0.25) is 15.5 Å². The molecule has 90 valence electrons. The molecule has 0 bridgehead atoms. The maximum Gasteiger partial charge on any atom is 0.225 e. The van der Waals surface area contributed by atoms with Crippen molar-refractivity contribution in [1.29, 1.82) is 0 Å². The van der Waals surface area contributed by atoms with E-state index in [2.05, 4.69) is 9.97 Å². The minimum Gasteiger partial charge on any atom is -0.207 e. The highest BCUT2D eigenvalue weighted by molar-refractivity contribution is 7.17. The van der Waals surface area contributed by atoms with Crippen molar-refractivity contribution in [3.05, 3.63) is 45.1 Å². The first-order valence-corrected chi connectivity index (χ1v) is 7.02. The molecular weight excluding hydrogens is 311 g/mol. The van der Waals surface area contributed by atoms with Gasteiger partial charge in [0.2, 0.25) is 5.28 Å². The maximum absolute atomic E-state index is 6.14. The monoisotopic (exact) mass is 314 g/mol. The number of hydrogen-bond donors (Lipinski definition) is 0. The molecule has 18 heavy (non-hydrogen) atoms. The van der Waals surface area contributed by atoms with E-state index in [4.69, 9.17) is 34.8 Å². The van der Waals surface area contributed by atoms with Crippen molar-refractivity contribution in [3.63, 3.8) is 0 Å². The van der Waals surface area contributed by atoms with Crippen LogP contribution in [0.1, 0.15) is 0 Å². The predicted octanol–water partition coefficient (Wildman–Crippen LogP) is 5.32. The van der Waals surface area contributed by atoms with E-state index < -0.39 is 0 Å². The number of halogens is 3. The zero-order valence-electron chi connectivity index (χ0n) is 8.82. The molecule has 3 aromatic rings. The molecular formula is C12H5Cl3N2S. The lowest BCUT2D eigenvalue weighted by Crippen LogP contribution is -1.84. The topological polar surface area (TPSA) is 25.8 Å². The zero-order valence-corrected chi connectivity index (χ0v) is 11.9. The molecule has 0 radical (unpaired) electrons. The van der Waals surface area contributed by atoms with E-state index in [-0.39, 0.29) is 5.28 Å². The Morgan fingerprint density at radius 2 is 1.67 bits per heavy atom. The van der Waals surface area contributed by atoms with Gasteiger partial charge in [0, 0.05) is 16.0 Å². The molecule has 0 saturated carbocycles. The van der Waals surface area contributed by atoms with Gasteiger partial charge in [0.15, 0.2) is 0 Å². The Bertz CT molecular complexity index is 722. The van der Waals surface area contributed by atoms with Crippen LogP contribution in [0.4, 0.5) is 0 Å². The van der Waals surface area contributed by atoms with Gasteiger partial charge < -0.3 is 0 Å². The van der Waals surface area contributed by atoms with E-state index in [1.807, 2.05) is 29.6 Å². The van der Waals surface area contributed by atoms with Crippen LogP contribution in [0.25, 0.3) is 21.3 Å². The average Bonchev–Trinajstić information content (AvgIpc) is 2.74. The molecule has 0 saturated heterocycles. The first-order valence-electron chi connectivity index (χ1n) is 5.01. The molecule has 0 atom stereocenters. The highest BCUT2D eigenvalue weighted by Gasteiger charge is 2.13. The average molecular weight is 316 g/mol. The minimum atomic E-state index is 0.164. The van der Waals surface area contributed by atoms with Crippen molar-refractivity contribution in [2.45, 2.75) is 0 Å². The normalized spacial score (nSPS) is 11.1. The molecule has 0 aliphatic heterocycles. The van der Waals surface area contributed by atoms with Crippen molar-refractivity contribution in [3.8, 4) is 11.1 Å². The Balaban J connectivity index is 2.27. The van der Waals surface area contributed by atoms with Crippen LogP contribution in [0, 0.1) is 0 Å². The van der Waals surface area contributed by atoms with E-state index in [0.717, 1.165) is 21.3 Å². The molecule has 0 N–H and O–H groups in total. The van der Waals surface area contributed by atoms with Gasteiger partial charge in [0.25, 0.3) is 0 Å². The first kappa shape index (κ1) is 12.2. The minimum absolute atomic E-state index is 0.164. The SMILES string of the molecule is Clc1ccc(-c2csc3nc(Cl)nc(Cl)c23)cc1. The van der Waals surface area contributed by atoms with Crippen LogP contribution in [0.15, 0.2) is 29.6 Å². The summed E-state index contributed by atoms with van der Waals surface area (Å²) in [4.78, 5) is 8.92. The van der Waals surface area contributed by atoms with Crippen molar-refractivity contribution >= 4 is 56.4 Å². The van der Waals surface area contributed by atoms with E-state index in [1.165, 1.54) is 11.3 Å². The molecule has 0 aliphatic carbocycles. The molecule has 2 nitrogen and oxygen atoms in total. The lowest BCUT2D eigenvalue weighted by molar-refractivity contribution is 1.23. The third-order valence-electron chi connectivity index (χ3n) is 2.52. The smallest absolute Gasteiger partial charge is 0.207 e. The Labute approximate surface area is 122 Å². The van der Waals surface area contributed by atoms with E-state index in [9.17, 15) is 0 Å². The summed E-state index contributed by atoms with van der Waals surface area (Å²) in [7, 11) is 0. The number of rotatable bonds is 1. The van der Waals surface area contributed by atoms with Gasteiger partial charge in [-0.15, -0.1) is 11.3 Å². The number of nitrogens with zero attached hydrogens (tertiary/aromatic N) is 2. The van der Waals surface area contributed by atoms with Gasteiger partial charge in [-0.05, 0) is 29.3 Å². The molecule has 1 aromatic carbocycles. The maximum atomic E-state index is 6.14. The van der Waals surface area contributed by atoms with Gasteiger partial charge >= 0.3 is 0 Å². The van der Waals surface area contributed by atoms with Crippen molar-refractivity contribution in [2.75, 3.05) is 0 Å². The Morgan fingerprint density at radius 3 is 2.39 bits per heavy atom. The van der Waals surface area contributed by atoms with Crippen molar-refractivity contribution < 1.29 is 0 Å². The second kappa shape index (κ2) is 4.67. The van der Waals surface area contributed by atoms with E-state index >= 15 is 0 Å². The molecule has 0 unspecified atom stereocenters. The summed E-state index contributed by atoms with van der Waals surface area (Å²) >= 11 is 19.3. The van der Waals surface area contributed by atoms with Gasteiger partial charge in [0.05, 0.1) is 5.39 Å². The van der Waals surface area contributed by atoms with Crippen LogP contribution < -0.4 is 0 Å². The van der Waals surface area contributed by atoms with Gasteiger partial charge in [0.1, 0.15) is 9.98 Å². The first-order chi connectivity index (χ1) is 8.65. The highest BCUT2D eigenvalue weighted by Crippen LogP contribution is 2.37. The van der Waals surface area contributed by atoms with Crippen LogP contribution in [0.3, 0.4) is 0 Å². The summed E-state index contributed by atoms with van der Waals surface area (Å²) in [6.45, 7) is 0. The fourth-order valence-electron chi connectivity index (χ4n) is 1.72. The van der Waals surface area contributed by atoms with Crippen LogP contribution in [0.5, 0.6) is 0 Å². The molecule has 2 aromatic heterocycles. The number of hydrogen-bond acceptors (Lipinski definition) is 3. The number of thiophene rings is 1. The molecule has 0 amide bonds. The summed E-state index contributed by atoms with van der Waals surface area (Å²) in [5.74, 6) is 0. The Kier molecular flexibility index (Phi) is 3.16. The molecule has 0 spiro atoms. The quantitative estimate of drug-likeness (QED) is 0.449. The molecule has 3 rings (SSSR count). The highest BCUT2D eigenvalue weighted by atomic mass is 35.5. The van der Waals surface area contributed by atoms with E-state index in [0.29, 0.717) is 10.2 Å². The second-order valence-electron chi connectivity index (χ2n) is 3.62. The summed E-state index contributed by atoms with van der Waals surface area (Å²) in [6.07, 6.45) is 0. The second-order valence-corrected chi connectivity index (χ2v) is 5.61. The molecule has 0 aliphatic rings. The summed E-state index contributed by atoms with van der Waals surface area (Å²) in [5.41, 5.74) is 2.02. The molecule has 2 heterocycles. The Hall–Kier alpha value is -0.870. The summed E-state index contributed by atoms with van der Waals surface area (Å²) in [5, 5.41) is 4.05. The third-order valence-corrected chi connectivity index (χ3v) is 4.08. The number of aromatic nitrogens is 2. The standard InChI is InChI=1S/C12H5Cl3N2S/c13-7-3-1-6(2-4-7)8-5-18-11-9(8)10(14)16-12(15)17-11/h1-5H. The van der Waals surface area contributed by atoms with E-state index in [1.54, 1.807) is 0 Å². The zero-order chi connectivity index (χ0) is 12.7. The van der Waals surface area contributed by atoms with Crippen molar-refractivity contribution in [1.82, 2.24) is 9.97 Å². The number of benzene rings is 1. The van der Waals surface area contributed by atoms with Gasteiger partial charge in [-0.1, -0.05) is 35.3 Å². The lowest BCUT2D eigenvalue weighted by atomic mass is 10.1. The van der Waals surface area contributed by atoms with Gasteiger partial charge in [-0.25, -0.2) is 9.97 Å². The third kappa shape index (κ3) is 2.08. The fourth-order valence-corrected chi connectivity index (χ4v) is 3.38. The largest absolute Gasteiger partial charge is 0.225 e. The molecule has 6 heteroatoms. The fraction of sp³-hybridized carbons (Fsp3) is 0.